The van der Waals surface area contributed by atoms with E-state index in [0.717, 1.165) is 0 Å². The molecular formula is C10H15N3O3. The molecule has 0 aliphatic carbocycles. The summed E-state index contributed by atoms with van der Waals surface area (Å²) in [6, 6.07) is 1.38. The number of esters is 1. The number of H-pyrrole nitrogens is 1. The largest absolute Gasteiger partial charge is 0.469 e. The molecule has 1 rings (SSSR count). The molecule has 6 nitrogen and oxygen atoms in total. The van der Waals surface area contributed by atoms with Gasteiger partial charge in [0.05, 0.1) is 19.4 Å². The minimum Gasteiger partial charge on any atom is -0.469 e. The van der Waals surface area contributed by atoms with Crippen LogP contribution < -0.4 is 10.5 Å². The van der Waals surface area contributed by atoms with Crippen molar-refractivity contribution in [3.05, 3.63) is 22.7 Å². The highest BCUT2D eigenvalue weighted by Gasteiger charge is 2.16. The van der Waals surface area contributed by atoms with Crippen LogP contribution in [0.15, 0.2) is 17.2 Å². The average molecular weight is 225 g/mol. The third-order valence-electron chi connectivity index (χ3n) is 2.21. The van der Waals surface area contributed by atoms with E-state index in [2.05, 4.69) is 14.7 Å². The molecule has 6 heteroatoms. The van der Waals surface area contributed by atoms with Crippen LogP contribution in [-0.2, 0) is 9.53 Å². The minimum absolute atomic E-state index is 0.220. The van der Waals surface area contributed by atoms with E-state index in [9.17, 15) is 9.59 Å². The lowest BCUT2D eigenvalue weighted by Crippen LogP contribution is -2.30. The number of rotatable bonds is 4. The first-order chi connectivity index (χ1) is 7.54. The summed E-state index contributed by atoms with van der Waals surface area (Å²) in [5, 5.41) is 0. The van der Waals surface area contributed by atoms with Crippen LogP contribution in [0.2, 0.25) is 0 Å². The standard InChI is InChI=1S/C10H15N3O3/c1-7(10(15)16-3)5-13(2)8-4-9(14)12-6-11-8/h4,6-7H,5H2,1-3H3,(H,11,12,14). The van der Waals surface area contributed by atoms with Gasteiger partial charge in [0, 0.05) is 19.7 Å². The molecule has 0 amide bonds. The molecule has 88 valence electrons. The van der Waals surface area contributed by atoms with Crippen molar-refractivity contribution in [2.24, 2.45) is 5.92 Å². The van der Waals surface area contributed by atoms with Gasteiger partial charge in [-0.2, -0.15) is 0 Å². The van der Waals surface area contributed by atoms with Gasteiger partial charge in [0.15, 0.2) is 0 Å². The Hall–Kier alpha value is -1.85. The monoisotopic (exact) mass is 225 g/mol. The maximum atomic E-state index is 11.2. The number of anilines is 1. The normalized spacial score (nSPS) is 11.9. The van der Waals surface area contributed by atoms with E-state index in [-0.39, 0.29) is 17.4 Å². The second-order valence-corrected chi connectivity index (χ2v) is 3.57. The third-order valence-corrected chi connectivity index (χ3v) is 2.21. The summed E-state index contributed by atoms with van der Waals surface area (Å²) in [6.45, 7) is 2.21. The fourth-order valence-corrected chi connectivity index (χ4v) is 1.35. The SMILES string of the molecule is COC(=O)C(C)CN(C)c1cc(=O)[nH]cn1. The number of hydrogen-bond acceptors (Lipinski definition) is 5. The van der Waals surface area contributed by atoms with Gasteiger partial charge in [-0.05, 0) is 0 Å². The first-order valence-corrected chi connectivity index (χ1v) is 4.88. The van der Waals surface area contributed by atoms with Crippen molar-refractivity contribution in [3.8, 4) is 0 Å². The number of carbonyl (C=O) groups is 1. The molecule has 0 aliphatic heterocycles. The Morgan fingerprint density at radius 1 is 1.69 bits per heavy atom. The van der Waals surface area contributed by atoms with Gasteiger partial charge in [-0.25, -0.2) is 4.98 Å². The van der Waals surface area contributed by atoms with Crippen LogP contribution in [0.3, 0.4) is 0 Å². The highest BCUT2D eigenvalue weighted by Crippen LogP contribution is 2.07. The van der Waals surface area contributed by atoms with Gasteiger partial charge >= 0.3 is 5.97 Å². The Kier molecular flexibility index (Phi) is 4.04. The number of carbonyl (C=O) groups excluding carboxylic acids is 1. The molecular weight excluding hydrogens is 210 g/mol. The predicted molar refractivity (Wildman–Crippen MR) is 59.3 cm³/mol. The Morgan fingerprint density at radius 3 is 2.94 bits per heavy atom. The van der Waals surface area contributed by atoms with E-state index < -0.39 is 0 Å². The lowest BCUT2D eigenvalue weighted by atomic mass is 10.2. The van der Waals surface area contributed by atoms with Crippen molar-refractivity contribution >= 4 is 11.8 Å². The van der Waals surface area contributed by atoms with Crippen LogP contribution in [0.25, 0.3) is 0 Å². The predicted octanol–water partition coefficient (Wildman–Crippen LogP) is 0.0152. The van der Waals surface area contributed by atoms with E-state index >= 15 is 0 Å². The molecule has 1 aromatic heterocycles. The quantitative estimate of drug-likeness (QED) is 0.731. The Morgan fingerprint density at radius 2 is 2.38 bits per heavy atom. The Bertz CT molecular complexity index is 416. The van der Waals surface area contributed by atoms with Crippen molar-refractivity contribution in [1.29, 1.82) is 0 Å². The second kappa shape index (κ2) is 5.29. The van der Waals surface area contributed by atoms with Gasteiger partial charge in [0.1, 0.15) is 5.82 Å². The van der Waals surface area contributed by atoms with E-state index in [1.165, 1.54) is 19.5 Å². The summed E-state index contributed by atoms with van der Waals surface area (Å²) in [6.07, 6.45) is 1.33. The molecule has 0 aliphatic rings. The first kappa shape index (κ1) is 12.2. The van der Waals surface area contributed by atoms with E-state index in [4.69, 9.17) is 0 Å². The lowest BCUT2D eigenvalue weighted by molar-refractivity contribution is -0.144. The molecule has 1 heterocycles. The van der Waals surface area contributed by atoms with Gasteiger partial charge < -0.3 is 14.6 Å². The van der Waals surface area contributed by atoms with Gasteiger partial charge in [0.2, 0.25) is 0 Å². The number of methoxy groups -OCH3 is 1. The molecule has 0 saturated heterocycles. The number of ether oxygens (including phenoxy) is 1. The zero-order valence-corrected chi connectivity index (χ0v) is 9.56. The zero-order valence-electron chi connectivity index (χ0n) is 9.56. The smallest absolute Gasteiger partial charge is 0.310 e. The van der Waals surface area contributed by atoms with Crippen molar-refractivity contribution in [1.82, 2.24) is 9.97 Å². The molecule has 16 heavy (non-hydrogen) atoms. The fraction of sp³-hybridized carbons (Fsp3) is 0.500. The van der Waals surface area contributed by atoms with Crippen molar-refractivity contribution in [2.45, 2.75) is 6.92 Å². The maximum absolute atomic E-state index is 11.2. The summed E-state index contributed by atoms with van der Waals surface area (Å²) in [4.78, 5) is 30.4. The molecule has 0 saturated carbocycles. The molecule has 1 atom stereocenters. The van der Waals surface area contributed by atoms with Crippen LogP contribution in [0.4, 0.5) is 5.82 Å². The van der Waals surface area contributed by atoms with Gasteiger partial charge in [-0.15, -0.1) is 0 Å². The highest BCUT2D eigenvalue weighted by molar-refractivity contribution is 5.72. The fourth-order valence-electron chi connectivity index (χ4n) is 1.35. The summed E-state index contributed by atoms with van der Waals surface area (Å²) < 4.78 is 4.62. The van der Waals surface area contributed by atoms with Crippen molar-refractivity contribution in [2.75, 3.05) is 25.6 Å². The van der Waals surface area contributed by atoms with Crippen molar-refractivity contribution in [3.63, 3.8) is 0 Å². The number of hydrogen-bond donors (Lipinski definition) is 1. The molecule has 0 spiro atoms. The van der Waals surface area contributed by atoms with E-state index in [0.29, 0.717) is 12.4 Å². The first-order valence-electron chi connectivity index (χ1n) is 4.88. The molecule has 0 bridgehead atoms. The van der Waals surface area contributed by atoms with Crippen molar-refractivity contribution < 1.29 is 9.53 Å². The zero-order chi connectivity index (χ0) is 12.1. The van der Waals surface area contributed by atoms with Gasteiger partial charge in [0.25, 0.3) is 5.56 Å². The Labute approximate surface area is 93.3 Å². The number of nitrogens with zero attached hydrogens (tertiary/aromatic N) is 2. The summed E-state index contributed by atoms with van der Waals surface area (Å²) in [7, 11) is 3.12. The molecule has 1 N–H and O–H groups in total. The summed E-state index contributed by atoms with van der Waals surface area (Å²) in [5.74, 6) is -0.0210. The number of aromatic amines is 1. The lowest BCUT2D eigenvalue weighted by Gasteiger charge is -2.20. The van der Waals surface area contributed by atoms with Crippen LogP contribution in [-0.4, -0.2) is 36.6 Å². The minimum atomic E-state index is -0.281. The number of nitrogens with one attached hydrogen (secondary N) is 1. The molecule has 1 aromatic rings. The number of aromatic nitrogens is 2. The van der Waals surface area contributed by atoms with E-state index in [1.54, 1.807) is 18.9 Å². The van der Waals surface area contributed by atoms with Crippen LogP contribution in [0, 0.1) is 5.92 Å². The molecule has 1 unspecified atom stereocenters. The average Bonchev–Trinajstić information content (AvgIpc) is 2.27. The topological polar surface area (TPSA) is 75.3 Å². The van der Waals surface area contributed by atoms with Crippen LogP contribution in [0.1, 0.15) is 6.92 Å². The summed E-state index contributed by atoms with van der Waals surface area (Å²) >= 11 is 0. The Balaban J connectivity index is 2.69. The molecule has 0 radical (unpaired) electrons. The summed E-state index contributed by atoms with van der Waals surface area (Å²) in [5.41, 5.74) is -0.220. The van der Waals surface area contributed by atoms with Gasteiger partial charge in [-0.1, -0.05) is 6.92 Å². The highest BCUT2D eigenvalue weighted by atomic mass is 16.5. The van der Waals surface area contributed by atoms with Gasteiger partial charge in [-0.3, -0.25) is 9.59 Å². The van der Waals surface area contributed by atoms with Crippen LogP contribution in [0.5, 0.6) is 0 Å². The third kappa shape index (κ3) is 3.08. The molecule has 0 aromatic carbocycles. The maximum Gasteiger partial charge on any atom is 0.310 e. The second-order valence-electron chi connectivity index (χ2n) is 3.57. The van der Waals surface area contributed by atoms with E-state index in [1.807, 2.05) is 0 Å². The van der Waals surface area contributed by atoms with Crippen LogP contribution >= 0.6 is 0 Å². The molecule has 0 fully saturated rings.